The van der Waals surface area contributed by atoms with E-state index in [0.717, 1.165) is 32.8 Å². The van der Waals surface area contributed by atoms with Gasteiger partial charge < -0.3 is 5.11 Å². The van der Waals surface area contributed by atoms with E-state index in [1.165, 1.54) is 0 Å². The number of fused-ring (bicyclic) bond motifs is 3. The number of para-hydroxylation sites is 1. The minimum Gasteiger partial charge on any atom is -0.507 e. The monoisotopic (exact) mass is 305 g/mol. The second kappa shape index (κ2) is 5.00. The third kappa shape index (κ3) is 2.09. The van der Waals surface area contributed by atoms with Gasteiger partial charge in [0, 0.05) is 22.0 Å². The first-order valence-electron chi connectivity index (χ1n) is 6.99. The number of benzene rings is 3. The molecule has 3 aromatic carbocycles. The number of phenolic OH excluding ortho intramolecular Hbond substituents is 1. The Bertz CT molecular complexity index is 993. The van der Waals surface area contributed by atoms with Crippen LogP contribution in [0, 0.1) is 0 Å². The van der Waals surface area contributed by atoms with Crippen molar-refractivity contribution in [3.63, 3.8) is 0 Å². The van der Waals surface area contributed by atoms with Crippen LogP contribution in [0.4, 0.5) is 0 Å². The first-order valence-corrected chi connectivity index (χ1v) is 7.36. The van der Waals surface area contributed by atoms with Gasteiger partial charge in [-0.1, -0.05) is 41.9 Å². The molecular formula is C19H12ClNO. The van der Waals surface area contributed by atoms with Gasteiger partial charge in [0.05, 0.1) is 5.52 Å². The number of halogens is 1. The Kier molecular flexibility index (Phi) is 2.98. The second-order valence-corrected chi connectivity index (χ2v) is 5.68. The molecule has 0 amide bonds. The lowest BCUT2D eigenvalue weighted by molar-refractivity contribution is 0.482. The molecule has 0 aliphatic carbocycles. The molecule has 1 aromatic heterocycles. The highest BCUT2D eigenvalue weighted by Gasteiger charge is 2.08. The van der Waals surface area contributed by atoms with E-state index in [1.54, 1.807) is 12.3 Å². The van der Waals surface area contributed by atoms with Crippen molar-refractivity contribution in [1.82, 2.24) is 4.98 Å². The second-order valence-electron chi connectivity index (χ2n) is 5.24. The van der Waals surface area contributed by atoms with Crippen molar-refractivity contribution in [2.24, 2.45) is 0 Å². The molecule has 0 saturated heterocycles. The molecule has 4 aromatic rings. The van der Waals surface area contributed by atoms with Crippen molar-refractivity contribution >= 4 is 33.3 Å². The van der Waals surface area contributed by atoms with E-state index in [2.05, 4.69) is 11.1 Å². The Balaban J connectivity index is 2.05. The van der Waals surface area contributed by atoms with Crippen LogP contribution in [0.5, 0.6) is 5.75 Å². The van der Waals surface area contributed by atoms with Crippen molar-refractivity contribution in [3.8, 4) is 16.9 Å². The normalized spacial score (nSPS) is 11.1. The van der Waals surface area contributed by atoms with Crippen LogP contribution >= 0.6 is 11.6 Å². The Morgan fingerprint density at radius 1 is 0.773 bits per heavy atom. The van der Waals surface area contributed by atoms with Gasteiger partial charge in [0.1, 0.15) is 5.75 Å². The average Bonchev–Trinajstić information content (AvgIpc) is 2.55. The van der Waals surface area contributed by atoms with Crippen LogP contribution < -0.4 is 0 Å². The predicted octanol–water partition coefficient (Wildman–Crippen LogP) is 5.41. The van der Waals surface area contributed by atoms with Gasteiger partial charge in [0.15, 0.2) is 0 Å². The average molecular weight is 306 g/mol. The lowest BCUT2D eigenvalue weighted by atomic mass is 9.99. The van der Waals surface area contributed by atoms with Crippen LogP contribution in [-0.4, -0.2) is 10.1 Å². The summed E-state index contributed by atoms with van der Waals surface area (Å²) in [5.41, 5.74) is 2.89. The highest BCUT2D eigenvalue weighted by atomic mass is 35.5. The minimum absolute atomic E-state index is 0.237. The van der Waals surface area contributed by atoms with Crippen LogP contribution in [0.2, 0.25) is 5.02 Å². The zero-order valence-corrected chi connectivity index (χ0v) is 12.4. The fourth-order valence-corrected chi connectivity index (χ4v) is 2.88. The van der Waals surface area contributed by atoms with Gasteiger partial charge in [-0.2, -0.15) is 0 Å². The molecule has 0 radical (unpaired) electrons. The third-order valence-electron chi connectivity index (χ3n) is 3.86. The summed E-state index contributed by atoms with van der Waals surface area (Å²) in [5, 5.41) is 13.8. The van der Waals surface area contributed by atoms with Crippen LogP contribution in [0.15, 0.2) is 66.9 Å². The van der Waals surface area contributed by atoms with Gasteiger partial charge >= 0.3 is 0 Å². The maximum atomic E-state index is 10.4. The van der Waals surface area contributed by atoms with E-state index < -0.39 is 0 Å². The van der Waals surface area contributed by atoms with Crippen molar-refractivity contribution in [2.75, 3.05) is 0 Å². The molecule has 2 nitrogen and oxygen atoms in total. The van der Waals surface area contributed by atoms with Crippen molar-refractivity contribution in [1.29, 1.82) is 0 Å². The summed E-state index contributed by atoms with van der Waals surface area (Å²) in [5.74, 6) is 0.237. The Hall–Kier alpha value is -2.58. The van der Waals surface area contributed by atoms with Crippen molar-refractivity contribution in [3.05, 3.63) is 71.9 Å². The van der Waals surface area contributed by atoms with E-state index in [4.69, 9.17) is 11.6 Å². The molecule has 4 rings (SSSR count). The van der Waals surface area contributed by atoms with Crippen LogP contribution in [-0.2, 0) is 0 Å². The van der Waals surface area contributed by atoms with Gasteiger partial charge in [0.2, 0.25) is 0 Å². The molecule has 0 bridgehead atoms. The summed E-state index contributed by atoms with van der Waals surface area (Å²) >= 11 is 5.95. The summed E-state index contributed by atoms with van der Waals surface area (Å²) in [6.07, 6.45) is 1.72. The zero-order chi connectivity index (χ0) is 15.1. The number of phenols is 1. The van der Waals surface area contributed by atoms with Crippen LogP contribution in [0.3, 0.4) is 0 Å². The molecule has 22 heavy (non-hydrogen) atoms. The van der Waals surface area contributed by atoms with Gasteiger partial charge in [-0.05, 0) is 46.8 Å². The van der Waals surface area contributed by atoms with E-state index in [0.29, 0.717) is 5.02 Å². The van der Waals surface area contributed by atoms with E-state index in [-0.39, 0.29) is 5.75 Å². The molecule has 0 unspecified atom stereocenters. The smallest absolute Gasteiger partial charge is 0.125 e. The quantitative estimate of drug-likeness (QED) is 0.477. The highest BCUT2D eigenvalue weighted by molar-refractivity contribution is 6.30. The number of aromatic hydroxyl groups is 1. The summed E-state index contributed by atoms with van der Waals surface area (Å²) < 4.78 is 0. The summed E-state index contributed by atoms with van der Waals surface area (Å²) in [4.78, 5) is 4.41. The number of hydrogen-bond acceptors (Lipinski definition) is 2. The van der Waals surface area contributed by atoms with Gasteiger partial charge in [0.25, 0.3) is 0 Å². The summed E-state index contributed by atoms with van der Waals surface area (Å²) in [7, 11) is 0. The molecular weight excluding hydrogens is 294 g/mol. The SMILES string of the molecule is Oc1cc(-c2ccc(Cl)cc2)cc2c1cnc1ccccc12. The Morgan fingerprint density at radius 2 is 1.55 bits per heavy atom. The molecule has 106 valence electrons. The fourth-order valence-electron chi connectivity index (χ4n) is 2.75. The van der Waals surface area contributed by atoms with Gasteiger partial charge in [-0.25, -0.2) is 0 Å². The maximum Gasteiger partial charge on any atom is 0.125 e. The largest absolute Gasteiger partial charge is 0.507 e. The topological polar surface area (TPSA) is 33.1 Å². The molecule has 1 heterocycles. The standard InChI is InChI=1S/C19H12ClNO/c20-14-7-5-12(6-8-14)13-9-16-15-3-1-2-4-18(15)21-11-17(16)19(22)10-13/h1-11,22H. The molecule has 0 fully saturated rings. The molecule has 0 aliphatic heterocycles. The zero-order valence-electron chi connectivity index (χ0n) is 11.6. The lowest BCUT2D eigenvalue weighted by Gasteiger charge is -2.09. The summed E-state index contributed by atoms with van der Waals surface area (Å²) in [6.45, 7) is 0. The van der Waals surface area contributed by atoms with Gasteiger partial charge in [-0.15, -0.1) is 0 Å². The van der Waals surface area contributed by atoms with Crippen LogP contribution in [0.25, 0.3) is 32.8 Å². The van der Waals surface area contributed by atoms with Gasteiger partial charge in [-0.3, -0.25) is 4.98 Å². The first-order chi connectivity index (χ1) is 10.7. The molecule has 1 N–H and O–H groups in total. The van der Waals surface area contributed by atoms with E-state index in [1.807, 2.05) is 48.5 Å². The molecule has 3 heteroatoms. The number of pyridine rings is 1. The van der Waals surface area contributed by atoms with E-state index in [9.17, 15) is 5.11 Å². The minimum atomic E-state index is 0.237. The molecule has 0 spiro atoms. The summed E-state index contributed by atoms with van der Waals surface area (Å²) in [6, 6.07) is 19.4. The number of hydrogen-bond donors (Lipinski definition) is 1. The molecule has 0 saturated carbocycles. The van der Waals surface area contributed by atoms with Crippen molar-refractivity contribution < 1.29 is 5.11 Å². The van der Waals surface area contributed by atoms with E-state index >= 15 is 0 Å². The third-order valence-corrected chi connectivity index (χ3v) is 4.11. The highest BCUT2D eigenvalue weighted by Crippen LogP contribution is 2.35. The fraction of sp³-hybridized carbons (Fsp3) is 0. The first kappa shape index (κ1) is 13.1. The van der Waals surface area contributed by atoms with Crippen LogP contribution in [0.1, 0.15) is 0 Å². The van der Waals surface area contributed by atoms with Crippen molar-refractivity contribution in [2.45, 2.75) is 0 Å². The Morgan fingerprint density at radius 3 is 2.36 bits per heavy atom. The Labute approximate surface area is 132 Å². The lowest BCUT2D eigenvalue weighted by Crippen LogP contribution is -1.85. The molecule has 0 atom stereocenters. The number of rotatable bonds is 1. The molecule has 0 aliphatic rings. The maximum absolute atomic E-state index is 10.4. The number of aromatic nitrogens is 1. The number of nitrogens with zero attached hydrogens (tertiary/aromatic N) is 1. The predicted molar refractivity (Wildman–Crippen MR) is 91.4 cm³/mol.